The van der Waals surface area contributed by atoms with Crippen molar-refractivity contribution in [2.75, 3.05) is 18.4 Å². The van der Waals surface area contributed by atoms with Crippen LogP contribution in [0.1, 0.15) is 24.0 Å². The lowest BCUT2D eigenvalue weighted by Crippen LogP contribution is -2.37. The number of hydrogen-bond donors (Lipinski definition) is 1. The predicted molar refractivity (Wildman–Crippen MR) is 125 cm³/mol. The number of carbonyl (C=O) groups is 1. The van der Waals surface area contributed by atoms with Crippen molar-refractivity contribution >= 4 is 23.2 Å². The highest BCUT2D eigenvalue weighted by Crippen LogP contribution is 2.24. The van der Waals surface area contributed by atoms with Crippen LogP contribution in [0.4, 0.5) is 10.1 Å². The molecule has 0 bridgehead atoms. The summed E-state index contributed by atoms with van der Waals surface area (Å²) in [5.74, 6) is 0.457. The van der Waals surface area contributed by atoms with Gasteiger partial charge in [0.2, 0.25) is 5.91 Å². The molecule has 3 aromatic rings. The number of nitrogens with zero attached hydrogens (tertiary/aromatic N) is 1. The van der Waals surface area contributed by atoms with Crippen LogP contribution in [0.25, 0.3) is 0 Å². The van der Waals surface area contributed by atoms with Crippen LogP contribution in [-0.4, -0.2) is 23.9 Å². The monoisotopic (exact) mass is 452 g/mol. The van der Waals surface area contributed by atoms with Crippen LogP contribution in [0.5, 0.6) is 5.75 Å². The van der Waals surface area contributed by atoms with E-state index in [0.717, 1.165) is 42.9 Å². The third-order valence-corrected chi connectivity index (χ3v) is 5.97. The van der Waals surface area contributed by atoms with E-state index in [1.807, 2.05) is 54.6 Å². The molecule has 0 spiro atoms. The van der Waals surface area contributed by atoms with E-state index in [1.165, 1.54) is 6.07 Å². The number of halogens is 2. The molecule has 0 saturated carbocycles. The number of carbonyl (C=O) groups excluding carboxylic acids is 1. The highest BCUT2D eigenvalue weighted by Gasteiger charge is 2.25. The zero-order chi connectivity index (χ0) is 22.3. The van der Waals surface area contributed by atoms with E-state index < -0.39 is 0 Å². The Bertz CT molecular complexity index is 1040. The van der Waals surface area contributed by atoms with E-state index >= 15 is 0 Å². The van der Waals surface area contributed by atoms with Gasteiger partial charge in [-0.3, -0.25) is 9.69 Å². The number of likely N-dealkylation sites (tertiary alicyclic amines) is 1. The van der Waals surface area contributed by atoms with Gasteiger partial charge in [-0.05, 0) is 67.9 Å². The molecule has 1 saturated heterocycles. The molecule has 0 atom stereocenters. The summed E-state index contributed by atoms with van der Waals surface area (Å²) in [4.78, 5) is 14.9. The fraction of sp³-hybridized carbons (Fsp3) is 0.269. The van der Waals surface area contributed by atoms with Crippen LogP contribution in [0, 0.1) is 11.7 Å². The first-order chi connectivity index (χ1) is 15.6. The average molecular weight is 453 g/mol. The molecular formula is C26H26ClFN2O2. The Hall–Kier alpha value is -2.89. The van der Waals surface area contributed by atoms with Gasteiger partial charge in [0.25, 0.3) is 0 Å². The molecule has 1 N–H and O–H groups in total. The zero-order valence-corrected chi connectivity index (χ0v) is 18.5. The molecule has 1 aliphatic rings. The summed E-state index contributed by atoms with van der Waals surface area (Å²) in [5.41, 5.74) is 2.50. The minimum absolute atomic E-state index is 0.0280. The highest BCUT2D eigenvalue weighted by molar-refractivity contribution is 6.30. The third-order valence-electron chi connectivity index (χ3n) is 5.74. The van der Waals surface area contributed by atoms with Gasteiger partial charge in [-0.25, -0.2) is 4.39 Å². The Balaban J connectivity index is 1.23. The number of ether oxygens (including phenoxy) is 1. The molecule has 4 rings (SSSR count). The van der Waals surface area contributed by atoms with E-state index in [0.29, 0.717) is 23.7 Å². The number of amides is 1. The van der Waals surface area contributed by atoms with Crippen molar-refractivity contribution in [1.29, 1.82) is 0 Å². The molecule has 1 aliphatic heterocycles. The number of hydrogen-bond acceptors (Lipinski definition) is 3. The topological polar surface area (TPSA) is 41.6 Å². The van der Waals surface area contributed by atoms with Crippen LogP contribution in [0.15, 0.2) is 72.8 Å². The predicted octanol–water partition coefficient (Wildman–Crippen LogP) is 5.91. The van der Waals surface area contributed by atoms with Crippen molar-refractivity contribution in [3.05, 3.63) is 94.8 Å². The molecular weight excluding hydrogens is 427 g/mol. The summed E-state index contributed by atoms with van der Waals surface area (Å²) in [5, 5.41) is 3.41. The zero-order valence-electron chi connectivity index (χ0n) is 17.8. The number of nitrogens with one attached hydrogen (secondary N) is 1. The fourth-order valence-electron chi connectivity index (χ4n) is 3.86. The molecule has 0 aromatic heterocycles. The van der Waals surface area contributed by atoms with Gasteiger partial charge in [0.05, 0.1) is 0 Å². The molecule has 1 amide bonds. The summed E-state index contributed by atoms with van der Waals surface area (Å²) < 4.78 is 19.8. The normalized spacial score (nSPS) is 14.8. The smallest absolute Gasteiger partial charge is 0.227 e. The van der Waals surface area contributed by atoms with Crippen molar-refractivity contribution in [3.8, 4) is 5.75 Å². The molecule has 1 heterocycles. The average Bonchev–Trinajstić information content (AvgIpc) is 2.81. The minimum Gasteiger partial charge on any atom is -0.489 e. The Morgan fingerprint density at radius 2 is 1.75 bits per heavy atom. The summed E-state index contributed by atoms with van der Waals surface area (Å²) >= 11 is 5.82. The first-order valence-electron chi connectivity index (χ1n) is 10.8. The maximum atomic E-state index is 14.0. The standard InChI is InChI=1S/C26H26ClFN2O2/c27-22-7-6-21(25(28)16-22)17-30-14-12-20(13-15-30)26(31)29-23-8-10-24(11-9-23)32-18-19-4-2-1-3-5-19/h1-11,16,20H,12-15,17-18H2,(H,29,31). The lowest BCUT2D eigenvalue weighted by Gasteiger charge is -2.31. The van der Waals surface area contributed by atoms with Crippen LogP contribution in [-0.2, 0) is 17.9 Å². The van der Waals surface area contributed by atoms with Crippen molar-refractivity contribution in [3.63, 3.8) is 0 Å². The SMILES string of the molecule is O=C(Nc1ccc(OCc2ccccc2)cc1)C1CCN(Cc2ccc(Cl)cc2F)CC1. The molecule has 32 heavy (non-hydrogen) atoms. The number of anilines is 1. The summed E-state index contributed by atoms with van der Waals surface area (Å²) in [6.07, 6.45) is 1.50. The first kappa shape index (κ1) is 22.3. The molecule has 3 aromatic carbocycles. The second-order valence-electron chi connectivity index (χ2n) is 8.07. The number of rotatable bonds is 7. The van der Waals surface area contributed by atoms with Gasteiger partial charge < -0.3 is 10.1 Å². The van der Waals surface area contributed by atoms with Gasteiger partial charge in [0, 0.05) is 28.7 Å². The highest BCUT2D eigenvalue weighted by atomic mass is 35.5. The molecule has 0 unspecified atom stereocenters. The Labute approximate surface area is 193 Å². The van der Waals surface area contributed by atoms with Crippen LogP contribution in [0.2, 0.25) is 5.02 Å². The quantitative estimate of drug-likeness (QED) is 0.484. The largest absolute Gasteiger partial charge is 0.489 e. The Morgan fingerprint density at radius 3 is 2.44 bits per heavy atom. The van der Waals surface area contributed by atoms with E-state index in [1.54, 1.807) is 12.1 Å². The number of piperidine rings is 1. The van der Waals surface area contributed by atoms with E-state index in [2.05, 4.69) is 10.2 Å². The van der Waals surface area contributed by atoms with Gasteiger partial charge in [-0.15, -0.1) is 0 Å². The second-order valence-corrected chi connectivity index (χ2v) is 8.51. The third kappa shape index (κ3) is 6.09. The van der Waals surface area contributed by atoms with Crippen molar-refractivity contribution < 1.29 is 13.9 Å². The lowest BCUT2D eigenvalue weighted by atomic mass is 9.95. The van der Waals surface area contributed by atoms with Gasteiger partial charge in [0.15, 0.2) is 0 Å². The second kappa shape index (κ2) is 10.6. The first-order valence-corrected chi connectivity index (χ1v) is 11.2. The summed E-state index contributed by atoms with van der Waals surface area (Å²) in [7, 11) is 0. The molecule has 0 aliphatic carbocycles. The molecule has 1 fully saturated rings. The maximum absolute atomic E-state index is 14.0. The van der Waals surface area contributed by atoms with Gasteiger partial charge in [0.1, 0.15) is 18.2 Å². The summed E-state index contributed by atoms with van der Waals surface area (Å²) in [6, 6.07) is 22.2. The molecule has 166 valence electrons. The van der Waals surface area contributed by atoms with Gasteiger partial charge in [-0.1, -0.05) is 48.0 Å². The van der Waals surface area contributed by atoms with Crippen LogP contribution in [0.3, 0.4) is 0 Å². The Morgan fingerprint density at radius 1 is 1.03 bits per heavy atom. The van der Waals surface area contributed by atoms with Gasteiger partial charge >= 0.3 is 0 Å². The minimum atomic E-state index is -0.284. The van der Waals surface area contributed by atoms with E-state index in [-0.39, 0.29) is 17.6 Å². The lowest BCUT2D eigenvalue weighted by molar-refractivity contribution is -0.121. The van der Waals surface area contributed by atoms with Crippen molar-refractivity contribution in [1.82, 2.24) is 4.90 Å². The van der Waals surface area contributed by atoms with E-state index in [9.17, 15) is 9.18 Å². The van der Waals surface area contributed by atoms with Crippen LogP contribution < -0.4 is 10.1 Å². The molecule has 6 heteroatoms. The van der Waals surface area contributed by atoms with Gasteiger partial charge in [-0.2, -0.15) is 0 Å². The van der Waals surface area contributed by atoms with E-state index in [4.69, 9.17) is 16.3 Å². The maximum Gasteiger partial charge on any atom is 0.227 e. The molecule has 4 nitrogen and oxygen atoms in total. The Kier molecular flexibility index (Phi) is 7.40. The van der Waals surface area contributed by atoms with Crippen LogP contribution >= 0.6 is 11.6 Å². The van der Waals surface area contributed by atoms with Crippen molar-refractivity contribution in [2.45, 2.75) is 26.0 Å². The fourth-order valence-corrected chi connectivity index (χ4v) is 4.02. The molecule has 0 radical (unpaired) electrons. The van der Waals surface area contributed by atoms with Crippen molar-refractivity contribution in [2.24, 2.45) is 5.92 Å². The number of benzene rings is 3. The summed E-state index contributed by atoms with van der Waals surface area (Å²) in [6.45, 7) is 2.55.